The van der Waals surface area contributed by atoms with E-state index in [9.17, 15) is 9.90 Å². The van der Waals surface area contributed by atoms with E-state index >= 15 is 0 Å². The summed E-state index contributed by atoms with van der Waals surface area (Å²) in [6, 6.07) is 27.1. The van der Waals surface area contributed by atoms with Crippen molar-refractivity contribution >= 4 is 11.6 Å². The van der Waals surface area contributed by atoms with Crippen LogP contribution in [0.2, 0.25) is 0 Å². The summed E-state index contributed by atoms with van der Waals surface area (Å²) in [5.74, 6) is 5.69. The molecule has 0 heterocycles. The first-order valence-corrected chi connectivity index (χ1v) is 10.9. The molecule has 1 amide bonds. The first-order valence-electron chi connectivity index (χ1n) is 10.9. The molecule has 3 aromatic rings. The predicted octanol–water partition coefficient (Wildman–Crippen LogP) is 5.50. The summed E-state index contributed by atoms with van der Waals surface area (Å²) in [7, 11) is 0. The standard InChI is InChI=1S/C28H27NO2/c30-27(26(23-10-4-1-5-11-23)24-12-6-2-7-13-24)29-25-16-14-22(15-17-25)18-21-28(31)19-8-3-9-20-28/h1-2,4-7,10-17,26,31H,3,8-9,19-20H2,(H,29,30). The van der Waals surface area contributed by atoms with Gasteiger partial charge in [0.2, 0.25) is 5.91 Å². The van der Waals surface area contributed by atoms with Crippen LogP contribution in [0.3, 0.4) is 0 Å². The van der Waals surface area contributed by atoms with Crippen molar-refractivity contribution in [3.05, 3.63) is 102 Å². The van der Waals surface area contributed by atoms with E-state index in [0.29, 0.717) is 0 Å². The lowest BCUT2D eigenvalue weighted by atomic mass is 9.85. The SMILES string of the molecule is O=C(Nc1ccc(C#CC2(O)CCCCC2)cc1)C(c1ccccc1)c1ccccc1. The molecule has 31 heavy (non-hydrogen) atoms. The Balaban J connectivity index is 1.49. The molecule has 1 aliphatic rings. The summed E-state index contributed by atoms with van der Waals surface area (Å²) < 4.78 is 0. The Kier molecular flexibility index (Phi) is 6.50. The minimum absolute atomic E-state index is 0.0762. The van der Waals surface area contributed by atoms with Gasteiger partial charge >= 0.3 is 0 Å². The Morgan fingerprint density at radius 3 is 1.90 bits per heavy atom. The van der Waals surface area contributed by atoms with Gasteiger partial charge < -0.3 is 10.4 Å². The molecule has 0 bridgehead atoms. The van der Waals surface area contributed by atoms with E-state index in [1.807, 2.05) is 84.9 Å². The number of benzene rings is 3. The highest BCUT2D eigenvalue weighted by atomic mass is 16.3. The van der Waals surface area contributed by atoms with Gasteiger partial charge in [-0.2, -0.15) is 0 Å². The zero-order valence-electron chi connectivity index (χ0n) is 17.6. The lowest BCUT2D eigenvalue weighted by molar-refractivity contribution is -0.116. The van der Waals surface area contributed by atoms with Gasteiger partial charge in [0.25, 0.3) is 0 Å². The molecule has 3 heteroatoms. The molecule has 3 aromatic carbocycles. The van der Waals surface area contributed by atoms with Crippen LogP contribution in [0, 0.1) is 11.8 Å². The molecule has 0 aromatic heterocycles. The maximum absolute atomic E-state index is 13.2. The minimum Gasteiger partial charge on any atom is -0.378 e. The number of rotatable bonds is 4. The first kappa shape index (κ1) is 20.9. The van der Waals surface area contributed by atoms with Crippen LogP contribution in [0.1, 0.15) is 54.7 Å². The maximum Gasteiger partial charge on any atom is 0.236 e. The molecule has 4 rings (SSSR count). The number of hydrogen-bond acceptors (Lipinski definition) is 2. The fraction of sp³-hybridized carbons (Fsp3) is 0.250. The second-order valence-electron chi connectivity index (χ2n) is 8.16. The summed E-state index contributed by atoms with van der Waals surface area (Å²) in [5, 5.41) is 13.6. The molecule has 1 saturated carbocycles. The van der Waals surface area contributed by atoms with Crippen molar-refractivity contribution in [1.29, 1.82) is 0 Å². The van der Waals surface area contributed by atoms with Gasteiger partial charge in [0, 0.05) is 11.3 Å². The first-order chi connectivity index (χ1) is 15.1. The maximum atomic E-state index is 13.2. The van der Waals surface area contributed by atoms with E-state index < -0.39 is 5.60 Å². The highest BCUT2D eigenvalue weighted by Gasteiger charge is 2.26. The van der Waals surface area contributed by atoms with Gasteiger partial charge in [0.05, 0.1) is 5.92 Å². The number of carbonyl (C=O) groups excluding carboxylic acids is 1. The number of hydrogen-bond donors (Lipinski definition) is 2. The molecule has 1 aliphatic carbocycles. The molecule has 0 atom stereocenters. The predicted molar refractivity (Wildman–Crippen MR) is 125 cm³/mol. The highest BCUT2D eigenvalue weighted by molar-refractivity contribution is 5.98. The third-order valence-corrected chi connectivity index (χ3v) is 5.80. The van der Waals surface area contributed by atoms with Gasteiger partial charge in [-0.15, -0.1) is 0 Å². The number of anilines is 1. The molecule has 3 nitrogen and oxygen atoms in total. The van der Waals surface area contributed by atoms with Gasteiger partial charge in [0.1, 0.15) is 5.60 Å². The van der Waals surface area contributed by atoms with Gasteiger partial charge in [-0.05, 0) is 61.1 Å². The molecule has 0 spiro atoms. The Hall–Kier alpha value is -3.35. The average molecular weight is 410 g/mol. The largest absolute Gasteiger partial charge is 0.378 e. The van der Waals surface area contributed by atoms with E-state index in [4.69, 9.17) is 0 Å². The van der Waals surface area contributed by atoms with Crippen LogP contribution >= 0.6 is 0 Å². The molecular weight excluding hydrogens is 382 g/mol. The highest BCUT2D eigenvalue weighted by Crippen LogP contribution is 2.28. The minimum atomic E-state index is -0.857. The Morgan fingerprint density at radius 2 is 1.35 bits per heavy atom. The summed E-state index contributed by atoms with van der Waals surface area (Å²) in [5.41, 5.74) is 2.61. The molecule has 2 N–H and O–H groups in total. The van der Waals surface area contributed by atoms with Crippen molar-refractivity contribution in [3.63, 3.8) is 0 Å². The zero-order valence-corrected chi connectivity index (χ0v) is 17.6. The van der Waals surface area contributed by atoms with Crippen LogP contribution in [0.25, 0.3) is 0 Å². The van der Waals surface area contributed by atoms with Crippen LogP contribution in [0.5, 0.6) is 0 Å². The second-order valence-corrected chi connectivity index (χ2v) is 8.16. The topological polar surface area (TPSA) is 49.3 Å². The van der Waals surface area contributed by atoms with Gasteiger partial charge in [-0.3, -0.25) is 4.79 Å². The van der Waals surface area contributed by atoms with Crippen LogP contribution in [-0.2, 0) is 4.79 Å². The summed E-state index contributed by atoms with van der Waals surface area (Å²) in [6.07, 6.45) is 4.72. The number of amides is 1. The molecule has 0 unspecified atom stereocenters. The number of aliphatic hydroxyl groups is 1. The Bertz CT molecular complexity index is 1020. The van der Waals surface area contributed by atoms with Gasteiger partial charge in [-0.25, -0.2) is 0 Å². The van der Waals surface area contributed by atoms with E-state index in [1.165, 1.54) is 6.42 Å². The van der Waals surface area contributed by atoms with E-state index in [2.05, 4.69) is 17.2 Å². The van der Waals surface area contributed by atoms with Crippen LogP contribution in [0.15, 0.2) is 84.9 Å². The zero-order chi connectivity index (χ0) is 21.5. The number of nitrogens with one attached hydrogen (secondary N) is 1. The lowest BCUT2D eigenvalue weighted by Gasteiger charge is -2.26. The monoisotopic (exact) mass is 409 g/mol. The van der Waals surface area contributed by atoms with E-state index in [1.54, 1.807) is 0 Å². The van der Waals surface area contributed by atoms with E-state index in [-0.39, 0.29) is 11.8 Å². The average Bonchev–Trinajstić information content (AvgIpc) is 2.81. The fourth-order valence-electron chi connectivity index (χ4n) is 4.09. The van der Waals surface area contributed by atoms with Crippen molar-refractivity contribution in [2.45, 2.75) is 43.6 Å². The van der Waals surface area contributed by atoms with Crippen molar-refractivity contribution in [2.75, 3.05) is 5.32 Å². The molecule has 0 radical (unpaired) electrons. The smallest absolute Gasteiger partial charge is 0.236 e. The van der Waals surface area contributed by atoms with E-state index in [0.717, 1.165) is 48.1 Å². The third kappa shape index (κ3) is 5.42. The number of carbonyl (C=O) groups is 1. The van der Waals surface area contributed by atoms with Crippen molar-refractivity contribution < 1.29 is 9.90 Å². The summed E-state index contributed by atoms with van der Waals surface area (Å²) in [6.45, 7) is 0. The van der Waals surface area contributed by atoms with Gasteiger partial charge in [0.15, 0.2) is 0 Å². The molecule has 1 fully saturated rings. The summed E-state index contributed by atoms with van der Waals surface area (Å²) >= 11 is 0. The van der Waals surface area contributed by atoms with Crippen molar-refractivity contribution in [1.82, 2.24) is 0 Å². The quantitative estimate of drug-likeness (QED) is 0.559. The molecule has 156 valence electrons. The normalized spacial score (nSPS) is 15.0. The Labute approximate surface area is 184 Å². The lowest BCUT2D eigenvalue weighted by Crippen LogP contribution is -2.29. The third-order valence-electron chi connectivity index (χ3n) is 5.80. The van der Waals surface area contributed by atoms with Crippen LogP contribution in [0.4, 0.5) is 5.69 Å². The van der Waals surface area contributed by atoms with Crippen LogP contribution < -0.4 is 5.32 Å². The second kappa shape index (κ2) is 9.64. The summed E-state index contributed by atoms with van der Waals surface area (Å²) in [4.78, 5) is 13.2. The fourth-order valence-corrected chi connectivity index (χ4v) is 4.09. The molecular formula is C28H27NO2. The van der Waals surface area contributed by atoms with Crippen molar-refractivity contribution in [2.24, 2.45) is 0 Å². The van der Waals surface area contributed by atoms with Crippen molar-refractivity contribution in [3.8, 4) is 11.8 Å². The Morgan fingerprint density at radius 1 is 0.806 bits per heavy atom. The van der Waals surface area contributed by atoms with Gasteiger partial charge in [-0.1, -0.05) is 78.9 Å². The van der Waals surface area contributed by atoms with Crippen LogP contribution in [-0.4, -0.2) is 16.6 Å². The molecule has 0 saturated heterocycles. The molecule has 0 aliphatic heterocycles.